The van der Waals surface area contributed by atoms with E-state index in [1.807, 2.05) is 0 Å². The van der Waals surface area contributed by atoms with E-state index in [0.29, 0.717) is 16.7 Å². The number of sulfone groups is 1. The number of benzene rings is 3. The Bertz CT molecular complexity index is 1450. The predicted octanol–water partition coefficient (Wildman–Crippen LogP) is 3.78. The first kappa shape index (κ1) is 21.5. The van der Waals surface area contributed by atoms with Crippen LogP contribution >= 0.6 is 11.6 Å². The Morgan fingerprint density at radius 1 is 0.939 bits per heavy atom. The van der Waals surface area contributed by atoms with E-state index in [0.717, 1.165) is 17.0 Å². The van der Waals surface area contributed by atoms with Crippen molar-refractivity contribution < 1.29 is 26.8 Å². The molecule has 2 aliphatic rings. The van der Waals surface area contributed by atoms with Gasteiger partial charge in [-0.05, 0) is 29.8 Å². The minimum absolute atomic E-state index is 0.0490. The molecule has 1 spiro atoms. The Morgan fingerprint density at radius 3 is 2.36 bits per heavy atom. The summed E-state index contributed by atoms with van der Waals surface area (Å²) in [5.74, 6) is -5.19. The van der Waals surface area contributed by atoms with Gasteiger partial charge in [-0.1, -0.05) is 48.0 Å². The second-order valence-electron chi connectivity index (χ2n) is 7.73. The van der Waals surface area contributed by atoms with Crippen molar-refractivity contribution in [2.24, 2.45) is 0 Å². The zero-order chi connectivity index (χ0) is 23.5. The van der Waals surface area contributed by atoms with E-state index in [9.17, 15) is 26.8 Å². The maximum absolute atomic E-state index is 14.1. The van der Waals surface area contributed by atoms with Gasteiger partial charge in [0.05, 0.1) is 12.2 Å². The van der Waals surface area contributed by atoms with Crippen LogP contribution in [0.1, 0.15) is 11.1 Å². The number of anilines is 2. The fourth-order valence-electron chi connectivity index (χ4n) is 4.47. The first-order chi connectivity index (χ1) is 15.7. The molecule has 10 heteroatoms. The van der Waals surface area contributed by atoms with E-state index in [4.69, 9.17) is 11.6 Å². The molecule has 1 unspecified atom stereocenters. The van der Waals surface area contributed by atoms with Crippen LogP contribution in [0, 0.1) is 11.6 Å². The van der Waals surface area contributed by atoms with E-state index >= 15 is 0 Å². The monoisotopic (exact) mass is 488 g/mol. The van der Waals surface area contributed by atoms with E-state index in [-0.39, 0.29) is 23.5 Å². The maximum Gasteiger partial charge on any atom is 0.274 e. The Labute approximate surface area is 192 Å². The molecule has 1 fully saturated rings. The van der Waals surface area contributed by atoms with Crippen LogP contribution in [0.4, 0.5) is 20.2 Å². The van der Waals surface area contributed by atoms with Gasteiger partial charge in [0.1, 0.15) is 5.75 Å². The number of fused-ring (bicyclic) bond motifs is 2. The topological polar surface area (TPSA) is 74.8 Å². The second kappa shape index (κ2) is 7.36. The molecule has 5 rings (SSSR count). The van der Waals surface area contributed by atoms with Gasteiger partial charge in [-0.2, -0.15) is 0 Å². The molecule has 2 aliphatic heterocycles. The number of carbonyl (C=O) groups is 2. The van der Waals surface area contributed by atoms with Crippen LogP contribution in [0.15, 0.2) is 66.7 Å². The molecule has 0 saturated carbocycles. The number of nitrogens with zero attached hydrogens (tertiary/aromatic N) is 2. The van der Waals surface area contributed by atoms with Crippen LogP contribution in [-0.4, -0.2) is 26.0 Å². The molecule has 1 saturated heterocycles. The average Bonchev–Trinajstić information content (AvgIpc) is 3.14. The summed E-state index contributed by atoms with van der Waals surface area (Å²) < 4.78 is 54.6. The highest BCUT2D eigenvalue weighted by atomic mass is 35.5. The number of hydrogen-bond acceptors (Lipinski definition) is 4. The number of halogens is 3. The third-order valence-corrected chi connectivity index (χ3v) is 8.34. The molecule has 3 aromatic rings. The third-order valence-electron chi connectivity index (χ3n) is 5.87. The van der Waals surface area contributed by atoms with Crippen LogP contribution in [0.2, 0.25) is 5.02 Å². The van der Waals surface area contributed by atoms with Crippen molar-refractivity contribution in [3.05, 3.63) is 94.5 Å². The lowest BCUT2D eigenvalue weighted by Crippen LogP contribution is -2.54. The minimum Gasteiger partial charge on any atom is -0.304 e. The number of rotatable bonds is 3. The van der Waals surface area contributed by atoms with Crippen molar-refractivity contribution in [1.82, 2.24) is 0 Å². The zero-order valence-electron chi connectivity index (χ0n) is 16.8. The van der Waals surface area contributed by atoms with Crippen LogP contribution in [0.25, 0.3) is 0 Å². The van der Waals surface area contributed by atoms with Gasteiger partial charge in [0.25, 0.3) is 10.8 Å². The highest BCUT2D eigenvalue weighted by Gasteiger charge is 2.69. The molecule has 168 valence electrons. The summed E-state index contributed by atoms with van der Waals surface area (Å²) in [7, 11) is -4.42. The molecule has 0 radical (unpaired) electrons. The first-order valence-electron chi connectivity index (χ1n) is 9.84. The zero-order valence-corrected chi connectivity index (χ0v) is 18.4. The molecule has 0 N–H and O–H groups in total. The summed E-state index contributed by atoms with van der Waals surface area (Å²) in [4.78, 5) is 26.5. The molecule has 33 heavy (non-hydrogen) atoms. The highest BCUT2D eigenvalue weighted by molar-refractivity contribution is 7.94. The molecule has 2 heterocycles. The summed E-state index contributed by atoms with van der Waals surface area (Å²) in [6.45, 7) is -0.0490. The van der Waals surface area contributed by atoms with Crippen LogP contribution in [0.3, 0.4) is 0 Å². The molecule has 2 amide bonds. The SMILES string of the molecule is O=C1CS(=O)(=O)C2(C(=O)N(Cc3ccccc3Cl)c3ccccc32)N1c1ccc(F)c(F)c1. The summed E-state index contributed by atoms with van der Waals surface area (Å²) in [6.07, 6.45) is 0. The lowest BCUT2D eigenvalue weighted by Gasteiger charge is -2.32. The first-order valence-corrected chi connectivity index (χ1v) is 11.9. The standard InChI is InChI=1S/C23H15ClF2N2O4S/c24-17-7-3-1-5-14(17)12-27-20-8-4-2-6-16(20)23(22(27)30)28(21(29)13-33(23,31)32)15-9-10-18(25)19(26)11-15/h1-11H,12-13H2. The van der Waals surface area contributed by atoms with E-state index in [1.165, 1.54) is 11.0 Å². The van der Waals surface area contributed by atoms with Crippen molar-refractivity contribution in [3.63, 3.8) is 0 Å². The van der Waals surface area contributed by atoms with Crippen molar-refractivity contribution >= 4 is 44.6 Å². The predicted molar refractivity (Wildman–Crippen MR) is 118 cm³/mol. The van der Waals surface area contributed by atoms with Crippen LogP contribution < -0.4 is 9.80 Å². The van der Waals surface area contributed by atoms with Gasteiger partial charge in [0, 0.05) is 22.3 Å². The Hall–Kier alpha value is -3.30. The summed E-state index contributed by atoms with van der Waals surface area (Å²) >= 11 is 6.27. The largest absolute Gasteiger partial charge is 0.304 e. The number of carbonyl (C=O) groups excluding carboxylic acids is 2. The van der Waals surface area contributed by atoms with E-state index in [2.05, 4.69) is 0 Å². The normalized spacial score (nSPS) is 21.2. The second-order valence-corrected chi connectivity index (χ2v) is 10.2. The molecular formula is C23H15ClF2N2O4S. The average molecular weight is 489 g/mol. The van der Waals surface area contributed by atoms with Gasteiger partial charge in [-0.25, -0.2) is 17.2 Å². The molecule has 0 aliphatic carbocycles. The van der Waals surface area contributed by atoms with Crippen molar-refractivity contribution in [3.8, 4) is 0 Å². The van der Waals surface area contributed by atoms with Gasteiger partial charge in [-0.3, -0.25) is 14.5 Å². The van der Waals surface area contributed by atoms with E-state index in [1.54, 1.807) is 42.5 Å². The third kappa shape index (κ3) is 2.92. The van der Waals surface area contributed by atoms with Gasteiger partial charge < -0.3 is 4.90 Å². The van der Waals surface area contributed by atoms with Gasteiger partial charge >= 0.3 is 0 Å². The fourth-order valence-corrected chi connectivity index (χ4v) is 6.70. The Balaban J connectivity index is 1.75. The molecular weight excluding hydrogens is 474 g/mol. The van der Waals surface area contributed by atoms with Gasteiger partial charge in [0.2, 0.25) is 5.91 Å². The number of hydrogen-bond donors (Lipinski definition) is 0. The minimum atomic E-state index is -4.42. The van der Waals surface area contributed by atoms with Crippen molar-refractivity contribution in [2.45, 2.75) is 11.4 Å². The lowest BCUT2D eigenvalue weighted by molar-refractivity contribution is -0.123. The van der Waals surface area contributed by atoms with Crippen LogP contribution in [0.5, 0.6) is 0 Å². The molecule has 6 nitrogen and oxygen atoms in total. The molecule has 1 atom stereocenters. The Kier molecular flexibility index (Phi) is 4.80. The summed E-state index contributed by atoms with van der Waals surface area (Å²) in [5.41, 5.74) is 0.689. The fraction of sp³-hybridized carbons (Fsp3) is 0.130. The van der Waals surface area contributed by atoms with Gasteiger partial charge in [0.15, 0.2) is 21.5 Å². The molecule has 0 bridgehead atoms. The number of para-hydroxylation sites is 1. The molecule has 3 aromatic carbocycles. The maximum atomic E-state index is 14.1. The van der Waals surface area contributed by atoms with Gasteiger partial charge in [-0.15, -0.1) is 0 Å². The number of amides is 2. The lowest BCUT2D eigenvalue weighted by atomic mass is 10.0. The van der Waals surface area contributed by atoms with E-state index < -0.39 is 43.9 Å². The smallest absolute Gasteiger partial charge is 0.274 e. The van der Waals surface area contributed by atoms with Crippen LogP contribution in [-0.2, 0) is 30.8 Å². The van der Waals surface area contributed by atoms with Crippen molar-refractivity contribution in [2.75, 3.05) is 15.6 Å². The van der Waals surface area contributed by atoms with Crippen molar-refractivity contribution in [1.29, 1.82) is 0 Å². The molecule has 0 aromatic heterocycles. The summed E-state index contributed by atoms with van der Waals surface area (Å²) in [6, 6.07) is 15.6. The quantitative estimate of drug-likeness (QED) is 0.562. The summed E-state index contributed by atoms with van der Waals surface area (Å²) in [5, 5.41) is 0.381. The Morgan fingerprint density at radius 2 is 1.64 bits per heavy atom. The highest BCUT2D eigenvalue weighted by Crippen LogP contribution is 2.53.